The number of aldehydes is 1. The first-order chi connectivity index (χ1) is 12.1. The molecule has 128 valence electrons. The van der Waals surface area contributed by atoms with Gasteiger partial charge in [0, 0.05) is 11.3 Å². The number of hydrogen-bond donors (Lipinski definition) is 1. The third-order valence-corrected chi connectivity index (χ3v) is 3.45. The largest absolute Gasteiger partial charge is 0.490 e. The highest BCUT2D eigenvalue weighted by Crippen LogP contribution is 2.28. The molecule has 6 nitrogen and oxygen atoms in total. The molecule has 0 radical (unpaired) electrons. The van der Waals surface area contributed by atoms with Gasteiger partial charge in [0.05, 0.1) is 17.2 Å². The molecule has 0 bridgehead atoms. The monoisotopic (exact) mass is 358 g/mol. The lowest BCUT2D eigenvalue weighted by Crippen LogP contribution is -2.20. The first-order valence-electron chi connectivity index (χ1n) is 7.41. The first kappa shape index (κ1) is 18.3. The molecule has 25 heavy (non-hydrogen) atoms. The quantitative estimate of drug-likeness (QED) is 0.766. The lowest BCUT2D eigenvalue weighted by molar-refractivity contribution is -0.118. The Morgan fingerprint density at radius 1 is 1.24 bits per heavy atom. The molecular formula is C18H15ClN2O4. The highest BCUT2D eigenvalue weighted by Gasteiger charge is 2.10. The Morgan fingerprint density at radius 3 is 2.68 bits per heavy atom. The Kier molecular flexibility index (Phi) is 6.38. The van der Waals surface area contributed by atoms with Crippen LogP contribution in [0.5, 0.6) is 11.5 Å². The van der Waals surface area contributed by atoms with Gasteiger partial charge >= 0.3 is 0 Å². The molecule has 0 atom stereocenters. The van der Waals surface area contributed by atoms with Crippen LogP contribution in [0.4, 0.5) is 5.69 Å². The van der Waals surface area contributed by atoms with Crippen LogP contribution >= 0.6 is 11.6 Å². The lowest BCUT2D eigenvalue weighted by Gasteiger charge is -2.12. The number of nitrogens with zero attached hydrogens (tertiary/aromatic N) is 1. The molecule has 7 heteroatoms. The van der Waals surface area contributed by atoms with Gasteiger partial charge < -0.3 is 14.8 Å². The fourth-order valence-corrected chi connectivity index (χ4v) is 2.23. The zero-order chi connectivity index (χ0) is 18.2. The minimum absolute atomic E-state index is 0.252. The normalized spacial score (nSPS) is 9.80. The zero-order valence-corrected chi connectivity index (χ0v) is 14.2. The van der Waals surface area contributed by atoms with E-state index in [2.05, 4.69) is 5.32 Å². The van der Waals surface area contributed by atoms with E-state index in [9.17, 15) is 9.59 Å². The Balaban J connectivity index is 2.01. The first-order valence-corrected chi connectivity index (χ1v) is 7.79. The third-order valence-electron chi connectivity index (χ3n) is 3.14. The molecule has 0 saturated heterocycles. The molecule has 1 amide bonds. The van der Waals surface area contributed by atoms with Crippen LogP contribution < -0.4 is 14.8 Å². The van der Waals surface area contributed by atoms with Crippen LogP contribution in [-0.2, 0) is 4.79 Å². The molecule has 2 rings (SSSR count). The van der Waals surface area contributed by atoms with Crippen LogP contribution in [0, 0.1) is 11.3 Å². The van der Waals surface area contributed by atoms with Gasteiger partial charge in [0.15, 0.2) is 18.1 Å². The summed E-state index contributed by atoms with van der Waals surface area (Å²) in [6, 6.07) is 11.2. The molecule has 0 aliphatic carbocycles. The smallest absolute Gasteiger partial charge is 0.262 e. The van der Waals surface area contributed by atoms with E-state index < -0.39 is 5.91 Å². The molecule has 2 aromatic rings. The van der Waals surface area contributed by atoms with E-state index >= 15 is 0 Å². The number of benzene rings is 2. The maximum Gasteiger partial charge on any atom is 0.262 e. The summed E-state index contributed by atoms with van der Waals surface area (Å²) in [6.07, 6.45) is 0.702. The van der Waals surface area contributed by atoms with Crippen LogP contribution in [-0.4, -0.2) is 25.4 Å². The van der Waals surface area contributed by atoms with Gasteiger partial charge in [-0.05, 0) is 43.3 Å². The number of nitriles is 1. The molecule has 1 N–H and O–H groups in total. The second kappa shape index (κ2) is 8.71. The number of anilines is 1. The lowest BCUT2D eigenvalue weighted by atomic mass is 10.2. The van der Waals surface area contributed by atoms with Crippen LogP contribution in [0.1, 0.15) is 22.8 Å². The van der Waals surface area contributed by atoms with E-state index in [0.29, 0.717) is 41.2 Å². The zero-order valence-electron chi connectivity index (χ0n) is 13.4. The number of hydrogen-bond acceptors (Lipinski definition) is 5. The van der Waals surface area contributed by atoms with Gasteiger partial charge in [-0.1, -0.05) is 11.6 Å². The molecule has 0 aromatic heterocycles. The summed E-state index contributed by atoms with van der Waals surface area (Å²) >= 11 is 5.92. The van der Waals surface area contributed by atoms with Gasteiger partial charge in [-0.25, -0.2) is 0 Å². The summed E-state index contributed by atoms with van der Waals surface area (Å²) in [5, 5.41) is 11.7. The highest BCUT2D eigenvalue weighted by atomic mass is 35.5. The van der Waals surface area contributed by atoms with Gasteiger partial charge in [0.25, 0.3) is 5.91 Å². The predicted molar refractivity (Wildman–Crippen MR) is 93.3 cm³/mol. The second-order valence-electron chi connectivity index (χ2n) is 4.90. The van der Waals surface area contributed by atoms with E-state index in [1.807, 2.05) is 6.07 Å². The molecule has 0 saturated carbocycles. The van der Waals surface area contributed by atoms with Crippen molar-refractivity contribution >= 4 is 29.5 Å². The van der Waals surface area contributed by atoms with Crippen molar-refractivity contribution in [3.63, 3.8) is 0 Å². The molecule has 2 aromatic carbocycles. The fourth-order valence-electron chi connectivity index (χ4n) is 2.01. The minimum atomic E-state index is -0.400. The molecule has 0 aliphatic heterocycles. The molecular weight excluding hydrogens is 344 g/mol. The van der Waals surface area contributed by atoms with Crippen molar-refractivity contribution in [2.24, 2.45) is 0 Å². The summed E-state index contributed by atoms with van der Waals surface area (Å²) in [7, 11) is 0. The van der Waals surface area contributed by atoms with Crippen molar-refractivity contribution in [3.05, 3.63) is 52.5 Å². The van der Waals surface area contributed by atoms with Gasteiger partial charge in [-0.3, -0.25) is 9.59 Å². The summed E-state index contributed by atoms with van der Waals surface area (Å²) in [6.45, 7) is 1.95. The molecule has 0 aliphatic rings. The van der Waals surface area contributed by atoms with Gasteiger partial charge in [0.2, 0.25) is 0 Å². The van der Waals surface area contributed by atoms with E-state index in [4.69, 9.17) is 26.3 Å². The van der Waals surface area contributed by atoms with E-state index in [1.165, 1.54) is 12.1 Å². The minimum Gasteiger partial charge on any atom is -0.490 e. The number of carbonyl (C=O) groups excluding carboxylic acids is 2. The number of nitrogens with one attached hydrogen (secondary N) is 1. The Morgan fingerprint density at radius 2 is 2.04 bits per heavy atom. The topological polar surface area (TPSA) is 88.4 Å². The molecule has 0 unspecified atom stereocenters. The second-order valence-corrected chi connectivity index (χ2v) is 5.31. The number of rotatable bonds is 7. The highest BCUT2D eigenvalue weighted by molar-refractivity contribution is 6.32. The summed E-state index contributed by atoms with van der Waals surface area (Å²) in [4.78, 5) is 22.8. The Hall–Kier alpha value is -3.04. The van der Waals surface area contributed by atoms with E-state index in [0.717, 1.165) is 0 Å². The number of halogens is 1. The van der Waals surface area contributed by atoms with Crippen molar-refractivity contribution < 1.29 is 19.1 Å². The SMILES string of the molecule is CCOc1cc(C=O)ccc1OCC(=O)Nc1ccc(C#N)c(Cl)c1. The van der Waals surface area contributed by atoms with Crippen molar-refractivity contribution in [1.29, 1.82) is 5.26 Å². The Labute approximate surface area is 149 Å². The number of carbonyl (C=O) groups is 2. The van der Waals surface area contributed by atoms with Gasteiger partial charge in [-0.15, -0.1) is 0 Å². The summed E-state index contributed by atoms with van der Waals surface area (Å²) in [5.41, 5.74) is 1.24. The van der Waals surface area contributed by atoms with E-state index in [1.54, 1.807) is 31.2 Å². The van der Waals surface area contributed by atoms with Crippen LogP contribution in [0.15, 0.2) is 36.4 Å². The van der Waals surface area contributed by atoms with Crippen LogP contribution in [0.3, 0.4) is 0 Å². The molecule has 0 spiro atoms. The Bertz CT molecular complexity index is 830. The fraction of sp³-hybridized carbons (Fsp3) is 0.167. The van der Waals surface area contributed by atoms with Gasteiger partial charge in [0.1, 0.15) is 12.4 Å². The van der Waals surface area contributed by atoms with Crippen molar-refractivity contribution in [3.8, 4) is 17.6 Å². The van der Waals surface area contributed by atoms with Crippen molar-refractivity contribution in [2.45, 2.75) is 6.92 Å². The maximum absolute atomic E-state index is 12.0. The summed E-state index contributed by atoms with van der Waals surface area (Å²) < 4.78 is 10.9. The molecule has 0 fully saturated rings. The number of amides is 1. The number of ether oxygens (including phenoxy) is 2. The third kappa shape index (κ3) is 4.96. The standard InChI is InChI=1S/C18H15ClN2O4/c1-2-24-17-7-12(10-22)3-6-16(17)25-11-18(23)21-14-5-4-13(9-20)15(19)8-14/h3-8,10H,2,11H2,1H3,(H,21,23). The summed E-state index contributed by atoms with van der Waals surface area (Å²) in [5.74, 6) is 0.351. The van der Waals surface area contributed by atoms with E-state index in [-0.39, 0.29) is 11.6 Å². The average Bonchev–Trinajstić information content (AvgIpc) is 2.61. The van der Waals surface area contributed by atoms with Crippen LogP contribution in [0.2, 0.25) is 5.02 Å². The van der Waals surface area contributed by atoms with Gasteiger partial charge in [-0.2, -0.15) is 5.26 Å². The predicted octanol–water partition coefficient (Wildman–Crippen LogP) is 3.44. The average molecular weight is 359 g/mol. The van der Waals surface area contributed by atoms with Crippen molar-refractivity contribution in [2.75, 3.05) is 18.5 Å². The van der Waals surface area contributed by atoms with Crippen LogP contribution in [0.25, 0.3) is 0 Å². The molecule has 0 heterocycles. The van der Waals surface area contributed by atoms with Crippen molar-refractivity contribution in [1.82, 2.24) is 0 Å². The maximum atomic E-state index is 12.0.